The second-order valence-corrected chi connectivity index (χ2v) is 23.7. The van der Waals surface area contributed by atoms with Crippen LogP contribution in [0.2, 0.25) is 0 Å². The minimum atomic E-state index is -0.764. The molecule has 0 aliphatic heterocycles. The van der Waals surface area contributed by atoms with Gasteiger partial charge < -0.3 is 14.2 Å². The van der Waals surface area contributed by atoms with Gasteiger partial charge in [-0.05, 0) is 31.1 Å². The van der Waals surface area contributed by atoms with E-state index in [0.29, 0.717) is 19.3 Å². The number of esters is 3. The number of ether oxygens (including phenoxy) is 3. The van der Waals surface area contributed by atoms with Crippen molar-refractivity contribution in [1.82, 2.24) is 0 Å². The standard InChI is InChI=1S/C66H128O6/c1-6-7-8-9-10-11-12-13-14-15-16-17-21-26-31-36-41-46-51-56-64(67)70-59-63(72-66(69)58-53-48-43-38-33-28-23-25-30-35-40-45-50-55-62(4)5)60-71-65(68)57-52-47-42-37-32-27-22-19-18-20-24-29-34-39-44-49-54-61(2)3/h61-63H,6-60H2,1-5H3/t63-/m0/s1. The molecule has 0 aromatic rings. The fraction of sp³-hybridized carbons (Fsp3) is 0.955. The molecule has 0 amide bonds. The molecule has 0 heterocycles. The highest BCUT2D eigenvalue weighted by Gasteiger charge is 2.19. The molecule has 0 radical (unpaired) electrons. The van der Waals surface area contributed by atoms with Crippen LogP contribution in [0.1, 0.15) is 375 Å². The van der Waals surface area contributed by atoms with Crippen LogP contribution in [0.5, 0.6) is 0 Å². The third kappa shape index (κ3) is 59.3. The van der Waals surface area contributed by atoms with Crippen LogP contribution in [0, 0.1) is 11.8 Å². The van der Waals surface area contributed by atoms with E-state index in [1.54, 1.807) is 0 Å². The molecule has 0 unspecified atom stereocenters. The van der Waals surface area contributed by atoms with Crippen LogP contribution >= 0.6 is 0 Å². The van der Waals surface area contributed by atoms with Crippen molar-refractivity contribution >= 4 is 17.9 Å². The molecule has 0 saturated heterocycles. The third-order valence-corrected chi connectivity index (χ3v) is 15.2. The Balaban J connectivity index is 4.27. The van der Waals surface area contributed by atoms with Gasteiger partial charge in [0.1, 0.15) is 13.2 Å². The third-order valence-electron chi connectivity index (χ3n) is 15.2. The molecule has 0 aliphatic carbocycles. The van der Waals surface area contributed by atoms with Gasteiger partial charge in [0.2, 0.25) is 0 Å². The maximum atomic E-state index is 12.9. The summed E-state index contributed by atoms with van der Waals surface area (Å²) in [6, 6.07) is 0. The lowest BCUT2D eigenvalue weighted by atomic mass is 10.0. The number of hydrogen-bond donors (Lipinski definition) is 0. The van der Waals surface area contributed by atoms with Crippen LogP contribution in [0.15, 0.2) is 0 Å². The summed E-state index contributed by atoms with van der Waals surface area (Å²) in [5.41, 5.74) is 0. The zero-order chi connectivity index (χ0) is 52.5. The summed E-state index contributed by atoms with van der Waals surface area (Å²) in [6.45, 7) is 11.5. The molecule has 0 N–H and O–H groups in total. The minimum absolute atomic E-state index is 0.0617. The summed E-state index contributed by atoms with van der Waals surface area (Å²) in [7, 11) is 0. The normalized spacial score (nSPS) is 12.0. The molecule has 0 saturated carbocycles. The molecule has 0 fully saturated rings. The SMILES string of the molecule is CCCCCCCCCCCCCCCCCCCCCC(=O)OC[C@@H](COC(=O)CCCCCCCCCCCCCCCCCCC(C)C)OC(=O)CCCCCCCCCCCCCCCC(C)C. The Morgan fingerprint density at radius 3 is 0.681 bits per heavy atom. The molecule has 1 atom stereocenters. The van der Waals surface area contributed by atoms with E-state index in [2.05, 4.69) is 34.6 Å². The van der Waals surface area contributed by atoms with E-state index in [-0.39, 0.29) is 31.1 Å². The Hall–Kier alpha value is -1.59. The summed E-state index contributed by atoms with van der Waals surface area (Å²) in [5.74, 6) is 0.861. The summed E-state index contributed by atoms with van der Waals surface area (Å²) in [4.78, 5) is 38.3. The smallest absolute Gasteiger partial charge is 0.306 e. The zero-order valence-corrected chi connectivity index (χ0v) is 49.6. The molecule has 0 rings (SSSR count). The van der Waals surface area contributed by atoms with E-state index >= 15 is 0 Å². The molecule has 428 valence electrons. The van der Waals surface area contributed by atoms with Gasteiger partial charge in [0, 0.05) is 19.3 Å². The number of carbonyl (C=O) groups is 3. The Bertz CT molecular complexity index is 1100. The summed E-state index contributed by atoms with van der Waals surface area (Å²) in [5, 5.41) is 0. The van der Waals surface area contributed by atoms with Gasteiger partial charge in [-0.15, -0.1) is 0 Å². The van der Waals surface area contributed by atoms with Gasteiger partial charge in [-0.1, -0.05) is 336 Å². The van der Waals surface area contributed by atoms with Crippen molar-refractivity contribution in [3.63, 3.8) is 0 Å². The van der Waals surface area contributed by atoms with Gasteiger partial charge in [-0.25, -0.2) is 0 Å². The number of carbonyl (C=O) groups excluding carboxylic acids is 3. The molecule has 72 heavy (non-hydrogen) atoms. The maximum Gasteiger partial charge on any atom is 0.306 e. The zero-order valence-electron chi connectivity index (χ0n) is 49.6. The van der Waals surface area contributed by atoms with Gasteiger partial charge >= 0.3 is 17.9 Å². The topological polar surface area (TPSA) is 78.9 Å². The van der Waals surface area contributed by atoms with Crippen LogP contribution in [0.3, 0.4) is 0 Å². The fourth-order valence-electron chi connectivity index (χ4n) is 10.3. The Morgan fingerprint density at radius 1 is 0.264 bits per heavy atom. The Kier molecular flexibility index (Phi) is 57.4. The van der Waals surface area contributed by atoms with Crippen LogP contribution in [-0.2, 0) is 28.6 Å². The number of unbranched alkanes of at least 4 members (excludes halogenated alkanes) is 45. The largest absolute Gasteiger partial charge is 0.462 e. The Morgan fingerprint density at radius 2 is 0.458 bits per heavy atom. The average molecular weight is 1020 g/mol. The Labute approximate surface area is 450 Å². The highest BCUT2D eigenvalue weighted by Crippen LogP contribution is 2.19. The van der Waals surface area contributed by atoms with Crippen molar-refractivity contribution in [2.24, 2.45) is 11.8 Å². The van der Waals surface area contributed by atoms with Crippen molar-refractivity contribution in [3.05, 3.63) is 0 Å². The van der Waals surface area contributed by atoms with E-state index in [1.807, 2.05) is 0 Å². The van der Waals surface area contributed by atoms with E-state index in [4.69, 9.17) is 14.2 Å². The van der Waals surface area contributed by atoms with Crippen molar-refractivity contribution in [2.75, 3.05) is 13.2 Å². The fourth-order valence-corrected chi connectivity index (χ4v) is 10.3. The predicted octanol–water partition coefficient (Wildman–Crippen LogP) is 22.0. The molecule has 0 spiro atoms. The molecule has 0 aliphatic rings. The van der Waals surface area contributed by atoms with Crippen LogP contribution < -0.4 is 0 Å². The number of rotatable bonds is 60. The molecule has 0 aromatic carbocycles. The average Bonchev–Trinajstić information content (AvgIpc) is 3.36. The lowest BCUT2D eigenvalue weighted by molar-refractivity contribution is -0.167. The summed E-state index contributed by atoms with van der Waals surface area (Å²) >= 11 is 0. The van der Waals surface area contributed by atoms with Crippen LogP contribution in [0.4, 0.5) is 0 Å². The van der Waals surface area contributed by atoms with E-state index in [9.17, 15) is 14.4 Å². The van der Waals surface area contributed by atoms with E-state index < -0.39 is 6.10 Å². The minimum Gasteiger partial charge on any atom is -0.462 e. The second-order valence-electron chi connectivity index (χ2n) is 23.7. The van der Waals surface area contributed by atoms with Gasteiger partial charge in [0.15, 0.2) is 6.10 Å². The monoisotopic (exact) mass is 1020 g/mol. The second kappa shape index (κ2) is 58.7. The quantitative estimate of drug-likeness (QED) is 0.0343. The van der Waals surface area contributed by atoms with Crippen molar-refractivity contribution in [2.45, 2.75) is 381 Å². The van der Waals surface area contributed by atoms with Crippen LogP contribution in [0.25, 0.3) is 0 Å². The first-order valence-electron chi connectivity index (χ1n) is 32.7. The van der Waals surface area contributed by atoms with Gasteiger partial charge in [0.05, 0.1) is 0 Å². The molecule has 6 nitrogen and oxygen atoms in total. The van der Waals surface area contributed by atoms with Gasteiger partial charge in [-0.2, -0.15) is 0 Å². The molecule has 0 aromatic heterocycles. The summed E-state index contributed by atoms with van der Waals surface area (Å²) < 4.78 is 17.0. The first kappa shape index (κ1) is 70.4. The van der Waals surface area contributed by atoms with Crippen molar-refractivity contribution in [3.8, 4) is 0 Å². The molecule has 0 bridgehead atoms. The molecule has 6 heteroatoms. The first-order chi connectivity index (χ1) is 35.2. The summed E-state index contributed by atoms with van der Waals surface area (Å²) in [6.07, 6.45) is 65.4. The highest BCUT2D eigenvalue weighted by atomic mass is 16.6. The molecular formula is C66H128O6. The van der Waals surface area contributed by atoms with E-state index in [1.165, 1.54) is 263 Å². The van der Waals surface area contributed by atoms with E-state index in [0.717, 1.165) is 69.6 Å². The highest BCUT2D eigenvalue weighted by molar-refractivity contribution is 5.71. The van der Waals surface area contributed by atoms with Gasteiger partial charge in [0.25, 0.3) is 0 Å². The van der Waals surface area contributed by atoms with Crippen molar-refractivity contribution < 1.29 is 28.6 Å². The lowest BCUT2D eigenvalue weighted by Crippen LogP contribution is -2.30. The lowest BCUT2D eigenvalue weighted by Gasteiger charge is -2.18. The molecular weight excluding hydrogens is 889 g/mol. The number of hydrogen-bond acceptors (Lipinski definition) is 6. The van der Waals surface area contributed by atoms with Crippen molar-refractivity contribution in [1.29, 1.82) is 0 Å². The van der Waals surface area contributed by atoms with Gasteiger partial charge in [-0.3, -0.25) is 14.4 Å². The first-order valence-corrected chi connectivity index (χ1v) is 32.7. The van der Waals surface area contributed by atoms with Crippen LogP contribution in [-0.4, -0.2) is 37.2 Å². The predicted molar refractivity (Wildman–Crippen MR) is 312 cm³/mol. The maximum absolute atomic E-state index is 12.9.